The van der Waals surface area contributed by atoms with Crippen molar-refractivity contribution in [1.82, 2.24) is 0 Å². The molecule has 0 spiro atoms. The molecule has 0 bridgehead atoms. The molecule has 7 aromatic rings. The van der Waals surface area contributed by atoms with Crippen LogP contribution >= 0.6 is 11.3 Å². The van der Waals surface area contributed by atoms with E-state index in [4.69, 9.17) is 0 Å². The van der Waals surface area contributed by atoms with E-state index >= 15 is 0 Å². The van der Waals surface area contributed by atoms with Gasteiger partial charge in [-0.15, -0.1) is 11.3 Å². The third-order valence-corrected chi connectivity index (χ3v) is 14.4. The second kappa shape index (κ2) is 16.5. The highest BCUT2D eigenvalue weighted by atomic mass is 32.1. The average molecular weight is 832 g/mol. The van der Waals surface area contributed by atoms with E-state index in [0.717, 1.165) is 55.2 Å². The lowest BCUT2D eigenvalue weighted by atomic mass is 9.93. The maximum Gasteiger partial charge on any atom is 0.335 e. The minimum absolute atomic E-state index is 0.00280. The van der Waals surface area contributed by atoms with Crippen molar-refractivity contribution < 1.29 is 19.5 Å². The Morgan fingerprint density at radius 3 is 2.03 bits per heavy atom. The van der Waals surface area contributed by atoms with E-state index < -0.39 is 11.8 Å². The van der Waals surface area contributed by atoms with Crippen LogP contribution in [0.25, 0.3) is 37.9 Å². The van der Waals surface area contributed by atoms with Gasteiger partial charge in [-0.1, -0.05) is 106 Å². The molecule has 0 saturated heterocycles. The molecule has 1 fully saturated rings. The van der Waals surface area contributed by atoms with Gasteiger partial charge in [0, 0.05) is 54.6 Å². The lowest BCUT2D eigenvalue weighted by Gasteiger charge is -2.28. The summed E-state index contributed by atoms with van der Waals surface area (Å²) in [6.07, 6.45) is 13.8. The molecule has 1 aliphatic heterocycles. The van der Waals surface area contributed by atoms with E-state index in [2.05, 4.69) is 128 Å². The van der Waals surface area contributed by atoms with E-state index in [-0.39, 0.29) is 28.0 Å². The number of hydrogen-bond acceptors (Lipinski definition) is 5. The minimum atomic E-state index is -1.13. The van der Waals surface area contributed by atoms with Gasteiger partial charge in [0.1, 0.15) is 0 Å². The molecule has 2 heterocycles. The third kappa shape index (κ3) is 7.00. The number of benzene rings is 6. The van der Waals surface area contributed by atoms with Gasteiger partial charge in [-0.25, -0.2) is 4.79 Å². The highest BCUT2D eigenvalue weighted by Gasteiger charge is 2.42. The summed E-state index contributed by atoms with van der Waals surface area (Å²) in [4.78, 5) is 41.5. The van der Waals surface area contributed by atoms with Crippen LogP contribution in [0.5, 0.6) is 0 Å². The molecule has 6 aromatic carbocycles. The van der Waals surface area contributed by atoms with Crippen LogP contribution in [-0.2, 0) is 12.8 Å². The zero-order valence-corrected chi connectivity index (χ0v) is 36.1. The third-order valence-electron chi connectivity index (χ3n) is 13.3. The number of nitrogens with zero attached hydrogens (tertiary/aromatic N) is 1. The van der Waals surface area contributed by atoms with Crippen molar-refractivity contribution in [1.29, 1.82) is 0 Å². The number of thiophene rings is 1. The number of anilines is 2. The first-order valence-corrected chi connectivity index (χ1v) is 23.1. The van der Waals surface area contributed by atoms with Crippen molar-refractivity contribution in [3.63, 3.8) is 0 Å². The van der Waals surface area contributed by atoms with Crippen molar-refractivity contribution in [2.45, 2.75) is 83.6 Å². The maximum absolute atomic E-state index is 13.6. The Morgan fingerprint density at radius 1 is 0.694 bits per heavy atom. The number of aromatic carboxylic acids is 1. The number of hydrogen-bond donors (Lipinski definition) is 1. The van der Waals surface area contributed by atoms with Crippen LogP contribution in [0.2, 0.25) is 0 Å². The fourth-order valence-corrected chi connectivity index (χ4v) is 11.6. The number of carboxylic acids is 1. The van der Waals surface area contributed by atoms with Crippen LogP contribution in [0.1, 0.15) is 135 Å². The zero-order valence-electron chi connectivity index (χ0n) is 35.2. The molecule has 1 N–H and O–H groups in total. The molecule has 2 atom stereocenters. The topological polar surface area (TPSA) is 74.7 Å². The highest BCUT2D eigenvalue weighted by molar-refractivity contribution is 7.26. The number of unbranched alkanes of at least 4 members (excludes halogenated alkanes) is 2. The first-order chi connectivity index (χ1) is 30.3. The Kier molecular flexibility index (Phi) is 10.6. The van der Waals surface area contributed by atoms with Crippen molar-refractivity contribution >= 4 is 78.1 Å². The molecule has 0 radical (unpaired) electrons. The monoisotopic (exact) mass is 831 g/mol. The van der Waals surface area contributed by atoms with Crippen LogP contribution in [0.15, 0.2) is 127 Å². The van der Waals surface area contributed by atoms with E-state index in [1.807, 2.05) is 11.3 Å². The first kappa shape index (κ1) is 39.7. The largest absolute Gasteiger partial charge is 0.478 e. The number of fused-ring (bicyclic) bond motifs is 7. The van der Waals surface area contributed by atoms with Crippen molar-refractivity contribution in [3.05, 3.63) is 183 Å². The van der Waals surface area contributed by atoms with Gasteiger partial charge in [-0.3, -0.25) is 9.59 Å². The van der Waals surface area contributed by atoms with Crippen LogP contribution in [0.4, 0.5) is 11.4 Å². The maximum atomic E-state index is 13.6. The van der Waals surface area contributed by atoms with E-state index in [9.17, 15) is 19.5 Å². The van der Waals surface area contributed by atoms with E-state index in [1.54, 1.807) is 6.08 Å². The van der Waals surface area contributed by atoms with Gasteiger partial charge in [-0.2, -0.15) is 0 Å². The van der Waals surface area contributed by atoms with Gasteiger partial charge in [0.05, 0.1) is 11.1 Å². The molecule has 308 valence electrons. The molecular formula is C56H49NO4S. The lowest BCUT2D eigenvalue weighted by Crippen LogP contribution is -2.26. The van der Waals surface area contributed by atoms with Crippen molar-refractivity contribution in [2.75, 3.05) is 4.90 Å². The summed E-state index contributed by atoms with van der Waals surface area (Å²) < 4.78 is 2.43. The number of carboxylic acid groups (broad SMARTS) is 1. The Hall–Kier alpha value is -6.37. The molecule has 3 aliphatic rings. The number of carbonyl (C=O) groups is 3. The number of aryl methyl sites for hydroxylation is 2. The molecule has 6 heteroatoms. The van der Waals surface area contributed by atoms with E-state index in [1.165, 1.54) is 96.8 Å². The average Bonchev–Trinajstić information content (AvgIpc) is 4.05. The molecular weight excluding hydrogens is 783 g/mol. The molecule has 5 nitrogen and oxygen atoms in total. The molecule has 2 aliphatic carbocycles. The number of carbonyl (C=O) groups excluding carboxylic acids is 2. The fourth-order valence-electron chi connectivity index (χ4n) is 10.3. The Labute approximate surface area is 367 Å². The zero-order chi connectivity index (χ0) is 42.5. The Morgan fingerprint density at radius 2 is 1.35 bits per heavy atom. The summed E-state index contributed by atoms with van der Waals surface area (Å²) in [5, 5.41) is 12.2. The summed E-state index contributed by atoms with van der Waals surface area (Å²) >= 11 is 1.81. The number of allylic oxidation sites excluding steroid dienone is 1. The summed E-state index contributed by atoms with van der Waals surface area (Å²) in [6, 6.07) is 42.3. The van der Waals surface area contributed by atoms with Gasteiger partial charge < -0.3 is 10.0 Å². The van der Waals surface area contributed by atoms with Gasteiger partial charge in [0.25, 0.3) is 0 Å². The predicted octanol–water partition coefficient (Wildman–Crippen LogP) is 14.3. The van der Waals surface area contributed by atoms with Crippen molar-refractivity contribution in [3.8, 4) is 0 Å². The summed E-state index contributed by atoms with van der Waals surface area (Å²) in [6.45, 7) is 4.47. The van der Waals surface area contributed by atoms with Crippen molar-refractivity contribution in [2.24, 2.45) is 0 Å². The molecule has 2 unspecified atom stereocenters. The Bertz CT molecular complexity index is 2950. The van der Waals surface area contributed by atoms with Gasteiger partial charge >= 0.3 is 5.97 Å². The van der Waals surface area contributed by atoms with Gasteiger partial charge in [0.15, 0.2) is 11.6 Å². The molecule has 62 heavy (non-hydrogen) atoms. The minimum Gasteiger partial charge on any atom is -0.478 e. The Balaban J connectivity index is 1.08. The smallest absolute Gasteiger partial charge is 0.335 e. The lowest BCUT2D eigenvalue weighted by molar-refractivity contribution is 0.0696. The molecule has 1 saturated carbocycles. The molecule has 0 amide bonds. The quantitative estimate of drug-likeness (QED) is 0.0754. The van der Waals surface area contributed by atoms with E-state index in [0.29, 0.717) is 12.0 Å². The summed E-state index contributed by atoms with van der Waals surface area (Å²) in [5.74, 6) is -1.42. The van der Waals surface area contributed by atoms with Crippen LogP contribution in [0, 0.1) is 0 Å². The second-order valence-electron chi connectivity index (χ2n) is 17.2. The predicted molar refractivity (Wildman–Crippen MR) is 255 cm³/mol. The number of rotatable bonds is 12. The SMILES string of the molecule is CCCCc1cc(/C=C2\C(=O)c3ccc(C(=O)O)cc3C2=O)cc2sc3cc(N4c5ccc(C=C(c6ccccc6)c6ccccc6)cc5C5CCCC54)cc(CCCC)c3c12. The molecule has 1 aromatic heterocycles. The fraction of sp³-hybridized carbons (Fsp3) is 0.232. The van der Waals surface area contributed by atoms with Gasteiger partial charge in [0.2, 0.25) is 0 Å². The first-order valence-electron chi connectivity index (χ1n) is 22.3. The van der Waals surface area contributed by atoms with Crippen LogP contribution in [0.3, 0.4) is 0 Å². The standard InChI is InChI=1S/C56H49NO4S/c1-3-5-14-38-26-35(29-47-54(58)43-24-23-40(56(60)61)32-46(43)55(47)59)30-50-52(38)53-39(15-6-4-2)31-41(33-51(53)62-50)57-48-21-13-20-42(48)45-28-34(22-25-49(45)57)27-44(36-16-9-7-10-17-36)37-18-11-8-12-19-37/h7-12,16-19,22-33,42,48H,3-6,13-15,20-21H2,1-2H3,(H,60,61)/b47-29+. The highest BCUT2D eigenvalue weighted by Crippen LogP contribution is 2.54. The number of ketones is 2. The number of Topliss-reactive ketones (excluding diaryl/α,β-unsaturated/α-hetero) is 2. The normalized spacial score (nSPS) is 17.3. The van der Waals surface area contributed by atoms with Gasteiger partial charge in [-0.05, 0) is 144 Å². The summed E-state index contributed by atoms with van der Waals surface area (Å²) in [7, 11) is 0. The summed E-state index contributed by atoms with van der Waals surface area (Å²) in [5.41, 5.74) is 12.9. The molecule has 10 rings (SSSR count). The van der Waals surface area contributed by atoms with Crippen LogP contribution < -0.4 is 4.90 Å². The van der Waals surface area contributed by atoms with Crippen LogP contribution in [-0.4, -0.2) is 28.7 Å². The second-order valence-corrected chi connectivity index (χ2v) is 18.3.